The number of carbonyl (C=O) groups is 1. The number of benzene rings is 2. The molecule has 1 aromatic heterocycles. The van der Waals surface area contributed by atoms with Crippen LogP contribution in [0.4, 0.5) is 17.3 Å². The molecule has 0 spiro atoms. The fraction of sp³-hybridized carbons (Fsp3) is 0.227. The highest BCUT2D eigenvalue weighted by Crippen LogP contribution is 2.23. The van der Waals surface area contributed by atoms with Crippen LogP contribution >= 0.6 is 0 Å². The van der Waals surface area contributed by atoms with Crippen molar-refractivity contribution in [2.75, 3.05) is 10.6 Å². The van der Waals surface area contributed by atoms with Crippen LogP contribution in [0.15, 0.2) is 42.5 Å². The standard InChI is InChI=1S/C22H24N4O/c1-13-10-14(2)20(15(3)11-13)26-21(27)18-6-8-19(9-7-18)25-22-23-16(4)12-17(5)24-22/h6-12H,1-5H3,(H,26,27)(H,23,24,25). The van der Waals surface area contributed by atoms with Crippen LogP contribution in [0.5, 0.6) is 0 Å². The molecule has 3 aromatic rings. The van der Waals surface area contributed by atoms with E-state index in [1.807, 2.05) is 45.9 Å². The van der Waals surface area contributed by atoms with Gasteiger partial charge in [0.25, 0.3) is 5.91 Å². The molecule has 5 heteroatoms. The highest BCUT2D eigenvalue weighted by molar-refractivity contribution is 6.05. The second-order valence-electron chi connectivity index (χ2n) is 6.90. The summed E-state index contributed by atoms with van der Waals surface area (Å²) in [5.74, 6) is 0.426. The molecule has 1 heterocycles. The predicted octanol–water partition coefficient (Wildman–Crippen LogP) is 5.01. The Bertz CT molecular complexity index is 950. The molecule has 0 saturated carbocycles. The molecule has 2 N–H and O–H groups in total. The molecule has 0 saturated heterocycles. The number of aryl methyl sites for hydroxylation is 5. The molecule has 2 aromatic carbocycles. The summed E-state index contributed by atoms with van der Waals surface area (Å²) >= 11 is 0. The van der Waals surface area contributed by atoms with E-state index in [1.54, 1.807) is 12.1 Å². The zero-order chi connectivity index (χ0) is 19.6. The van der Waals surface area contributed by atoms with Gasteiger partial charge in [0.2, 0.25) is 5.95 Å². The van der Waals surface area contributed by atoms with Crippen LogP contribution in [-0.2, 0) is 0 Å². The lowest BCUT2D eigenvalue weighted by atomic mass is 10.0. The third-order valence-electron chi connectivity index (χ3n) is 4.30. The highest BCUT2D eigenvalue weighted by atomic mass is 16.1. The quantitative estimate of drug-likeness (QED) is 0.686. The molecule has 0 atom stereocenters. The number of anilines is 3. The molecule has 0 unspecified atom stereocenters. The van der Waals surface area contributed by atoms with E-state index in [0.29, 0.717) is 11.5 Å². The van der Waals surface area contributed by atoms with Crippen LogP contribution in [0.1, 0.15) is 38.4 Å². The number of hydrogen-bond acceptors (Lipinski definition) is 4. The topological polar surface area (TPSA) is 66.9 Å². The number of aromatic nitrogens is 2. The third-order valence-corrected chi connectivity index (χ3v) is 4.30. The van der Waals surface area contributed by atoms with Gasteiger partial charge in [-0.25, -0.2) is 9.97 Å². The largest absolute Gasteiger partial charge is 0.324 e. The SMILES string of the molecule is Cc1cc(C)c(NC(=O)c2ccc(Nc3nc(C)cc(C)n3)cc2)c(C)c1. The van der Waals surface area contributed by atoms with Gasteiger partial charge in [-0.2, -0.15) is 0 Å². The normalized spacial score (nSPS) is 10.6. The molecular weight excluding hydrogens is 336 g/mol. The smallest absolute Gasteiger partial charge is 0.255 e. The van der Waals surface area contributed by atoms with E-state index in [4.69, 9.17) is 0 Å². The molecule has 3 rings (SSSR count). The first kappa shape index (κ1) is 18.6. The minimum atomic E-state index is -0.126. The summed E-state index contributed by atoms with van der Waals surface area (Å²) in [7, 11) is 0. The first-order valence-corrected chi connectivity index (χ1v) is 8.90. The molecule has 1 amide bonds. The van der Waals surface area contributed by atoms with Gasteiger partial charge in [0.05, 0.1) is 0 Å². The van der Waals surface area contributed by atoms with Crippen LogP contribution in [0, 0.1) is 34.6 Å². The number of rotatable bonds is 4. The van der Waals surface area contributed by atoms with Crippen molar-refractivity contribution >= 4 is 23.2 Å². The Morgan fingerprint density at radius 3 is 1.93 bits per heavy atom. The molecule has 0 fully saturated rings. The lowest BCUT2D eigenvalue weighted by molar-refractivity contribution is 0.102. The number of nitrogens with one attached hydrogen (secondary N) is 2. The van der Waals surface area contributed by atoms with Gasteiger partial charge in [0, 0.05) is 28.3 Å². The Kier molecular flexibility index (Phi) is 5.21. The van der Waals surface area contributed by atoms with E-state index in [-0.39, 0.29) is 5.91 Å². The molecule has 0 aliphatic carbocycles. The maximum absolute atomic E-state index is 12.6. The predicted molar refractivity (Wildman–Crippen MR) is 110 cm³/mol. The molecule has 0 aliphatic heterocycles. The van der Waals surface area contributed by atoms with Crippen LogP contribution in [-0.4, -0.2) is 15.9 Å². The van der Waals surface area contributed by atoms with Crippen molar-refractivity contribution in [2.45, 2.75) is 34.6 Å². The first-order chi connectivity index (χ1) is 12.8. The van der Waals surface area contributed by atoms with Crippen LogP contribution in [0.2, 0.25) is 0 Å². The highest BCUT2D eigenvalue weighted by Gasteiger charge is 2.10. The van der Waals surface area contributed by atoms with E-state index < -0.39 is 0 Å². The van der Waals surface area contributed by atoms with Crippen molar-refractivity contribution in [3.05, 3.63) is 76.1 Å². The van der Waals surface area contributed by atoms with E-state index in [0.717, 1.165) is 33.9 Å². The molecule has 27 heavy (non-hydrogen) atoms. The van der Waals surface area contributed by atoms with Crippen LogP contribution < -0.4 is 10.6 Å². The van der Waals surface area contributed by atoms with Crippen molar-refractivity contribution in [1.82, 2.24) is 9.97 Å². The zero-order valence-electron chi connectivity index (χ0n) is 16.3. The van der Waals surface area contributed by atoms with Gasteiger partial charge in [-0.15, -0.1) is 0 Å². The molecular formula is C22H24N4O. The van der Waals surface area contributed by atoms with Gasteiger partial charge in [-0.05, 0) is 76.1 Å². The molecule has 0 bridgehead atoms. The van der Waals surface area contributed by atoms with Crippen molar-refractivity contribution in [3.8, 4) is 0 Å². The lowest BCUT2D eigenvalue weighted by Gasteiger charge is -2.13. The Morgan fingerprint density at radius 2 is 1.37 bits per heavy atom. The van der Waals surface area contributed by atoms with Gasteiger partial charge in [0.15, 0.2) is 0 Å². The first-order valence-electron chi connectivity index (χ1n) is 8.90. The number of hydrogen-bond donors (Lipinski definition) is 2. The minimum Gasteiger partial charge on any atom is -0.324 e. The summed E-state index contributed by atoms with van der Waals surface area (Å²) in [5, 5.41) is 6.19. The maximum atomic E-state index is 12.6. The van der Waals surface area contributed by atoms with Gasteiger partial charge >= 0.3 is 0 Å². The van der Waals surface area contributed by atoms with E-state index in [1.165, 1.54) is 5.56 Å². The average Bonchev–Trinajstić information content (AvgIpc) is 2.57. The summed E-state index contributed by atoms with van der Waals surface area (Å²) in [4.78, 5) is 21.3. The van der Waals surface area contributed by atoms with Crippen LogP contribution in [0.3, 0.4) is 0 Å². The Morgan fingerprint density at radius 1 is 0.815 bits per heavy atom. The van der Waals surface area contributed by atoms with E-state index in [9.17, 15) is 4.79 Å². The van der Waals surface area contributed by atoms with Crippen molar-refractivity contribution in [2.24, 2.45) is 0 Å². The minimum absolute atomic E-state index is 0.126. The van der Waals surface area contributed by atoms with Crippen molar-refractivity contribution < 1.29 is 4.79 Å². The second kappa shape index (κ2) is 7.58. The second-order valence-corrected chi connectivity index (χ2v) is 6.90. The summed E-state index contributed by atoms with van der Waals surface area (Å²) in [6.07, 6.45) is 0. The molecule has 0 radical (unpaired) electrons. The third kappa shape index (κ3) is 4.50. The summed E-state index contributed by atoms with van der Waals surface area (Å²) in [6, 6.07) is 13.3. The number of amides is 1. The monoisotopic (exact) mass is 360 g/mol. The van der Waals surface area contributed by atoms with Crippen molar-refractivity contribution in [1.29, 1.82) is 0 Å². The van der Waals surface area contributed by atoms with Crippen molar-refractivity contribution in [3.63, 3.8) is 0 Å². The molecule has 5 nitrogen and oxygen atoms in total. The Balaban J connectivity index is 1.74. The zero-order valence-corrected chi connectivity index (χ0v) is 16.3. The van der Waals surface area contributed by atoms with E-state index >= 15 is 0 Å². The number of nitrogens with zero attached hydrogens (tertiary/aromatic N) is 2. The fourth-order valence-corrected chi connectivity index (χ4v) is 3.18. The summed E-state index contributed by atoms with van der Waals surface area (Å²) in [6.45, 7) is 9.93. The maximum Gasteiger partial charge on any atom is 0.255 e. The molecule has 138 valence electrons. The van der Waals surface area contributed by atoms with Gasteiger partial charge in [0.1, 0.15) is 0 Å². The lowest BCUT2D eigenvalue weighted by Crippen LogP contribution is -2.14. The number of carbonyl (C=O) groups excluding carboxylic acids is 1. The van der Waals surface area contributed by atoms with Gasteiger partial charge < -0.3 is 10.6 Å². The Labute approximate surface area is 159 Å². The Hall–Kier alpha value is -3.21. The van der Waals surface area contributed by atoms with Gasteiger partial charge in [-0.3, -0.25) is 4.79 Å². The van der Waals surface area contributed by atoms with Gasteiger partial charge in [-0.1, -0.05) is 17.7 Å². The average molecular weight is 360 g/mol. The summed E-state index contributed by atoms with van der Waals surface area (Å²) < 4.78 is 0. The molecule has 0 aliphatic rings. The fourth-order valence-electron chi connectivity index (χ4n) is 3.18. The van der Waals surface area contributed by atoms with Crippen LogP contribution in [0.25, 0.3) is 0 Å². The summed E-state index contributed by atoms with van der Waals surface area (Å²) in [5.41, 5.74) is 7.43. The van der Waals surface area contributed by atoms with E-state index in [2.05, 4.69) is 39.7 Å².